The van der Waals surface area contributed by atoms with Crippen LogP contribution in [0, 0.1) is 11.3 Å². The van der Waals surface area contributed by atoms with Gasteiger partial charge in [-0.05, 0) is 38.0 Å². The Morgan fingerprint density at radius 3 is 2.85 bits per heavy atom. The third kappa shape index (κ3) is 3.18. The van der Waals surface area contributed by atoms with Crippen LogP contribution in [-0.4, -0.2) is 58.0 Å². The highest BCUT2D eigenvalue weighted by molar-refractivity contribution is 7.88. The van der Waals surface area contributed by atoms with Gasteiger partial charge in [-0.3, -0.25) is 0 Å². The molecule has 3 rings (SSSR count). The Morgan fingerprint density at radius 2 is 2.15 bits per heavy atom. The van der Waals surface area contributed by atoms with Gasteiger partial charge in [0.05, 0.1) is 19.0 Å². The third-order valence-electron chi connectivity index (χ3n) is 4.86. The van der Waals surface area contributed by atoms with Crippen molar-refractivity contribution in [1.82, 2.24) is 4.31 Å². The van der Waals surface area contributed by atoms with E-state index in [4.69, 9.17) is 9.47 Å². The molecule has 1 aliphatic carbocycles. The molecule has 0 amide bonds. The largest absolute Gasteiger partial charge is 0.380 e. The summed E-state index contributed by atoms with van der Waals surface area (Å²) in [5.74, 6) is 0.740. The molecule has 20 heavy (non-hydrogen) atoms. The van der Waals surface area contributed by atoms with Crippen LogP contribution in [0.1, 0.15) is 32.1 Å². The molecule has 0 aromatic heterocycles. The molecule has 0 radical (unpaired) electrons. The normalized spacial score (nSPS) is 35.8. The van der Waals surface area contributed by atoms with Crippen molar-refractivity contribution in [1.29, 1.82) is 0 Å². The molecule has 2 unspecified atom stereocenters. The molecular formula is C14H25NO4S. The first kappa shape index (κ1) is 14.8. The zero-order chi connectivity index (χ0) is 14.2. The number of piperidine rings is 1. The molecular weight excluding hydrogens is 278 g/mol. The average Bonchev–Trinajstić information content (AvgIpc) is 3.21. The van der Waals surface area contributed by atoms with Gasteiger partial charge in [0.2, 0.25) is 10.0 Å². The van der Waals surface area contributed by atoms with Crippen molar-refractivity contribution >= 4 is 10.0 Å². The Hall–Kier alpha value is -0.170. The smallest absolute Gasteiger partial charge is 0.211 e. The lowest BCUT2D eigenvalue weighted by molar-refractivity contribution is -0.143. The van der Waals surface area contributed by atoms with E-state index >= 15 is 0 Å². The van der Waals surface area contributed by atoms with E-state index in [9.17, 15) is 8.42 Å². The molecule has 0 aromatic rings. The maximum absolute atomic E-state index is 11.8. The molecule has 6 heteroatoms. The molecule has 2 saturated heterocycles. The van der Waals surface area contributed by atoms with E-state index < -0.39 is 10.0 Å². The van der Waals surface area contributed by atoms with Gasteiger partial charge in [-0.1, -0.05) is 0 Å². The van der Waals surface area contributed by atoms with E-state index in [1.165, 1.54) is 19.1 Å². The number of fused-ring (bicyclic) bond motifs is 1. The van der Waals surface area contributed by atoms with Crippen LogP contribution in [0.25, 0.3) is 0 Å². The van der Waals surface area contributed by atoms with Crippen molar-refractivity contribution in [3.8, 4) is 0 Å². The monoisotopic (exact) mass is 303 g/mol. The Labute approximate surface area is 121 Å². The summed E-state index contributed by atoms with van der Waals surface area (Å²) < 4.78 is 37.1. The number of hydrogen-bond acceptors (Lipinski definition) is 4. The second-order valence-corrected chi connectivity index (χ2v) is 8.65. The Balaban J connectivity index is 1.69. The predicted octanol–water partition coefficient (Wildman–Crippen LogP) is 1.24. The average molecular weight is 303 g/mol. The second kappa shape index (κ2) is 5.55. The summed E-state index contributed by atoms with van der Waals surface area (Å²) in [7, 11) is -3.12. The summed E-state index contributed by atoms with van der Waals surface area (Å²) in [4.78, 5) is 0. The molecule has 116 valence electrons. The third-order valence-corrected chi connectivity index (χ3v) is 6.11. The van der Waals surface area contributed by atoms with E-state index in [1.807, 2.05) is 0 Å². The second-order valence-electron chi connectivity index (χ2n) is 6.67. The van der Waals surface area contributed by atoms with Gasteiger partial charge in [0, 0.05) is 31.7 Å². The molecule has 2 heterocycles. The maximum Gasteiger partial charge on any atom is 0.211 e. The topological polar surface area (TPSA) is 55.8 Å². The van der Waals surface area contributed by atoms with Crippen LogP contribution in [0.2, 0.25) is 0 Å². The molecule has 0 bridgehead atoms. The molecule has 2 aliphatic heterocycles. The lowest BCUT2D eigenvalue weighted by Gasteiger charge is -2.49. The minimum absolute atomic E-state index is 0.130. The van der Waals surface area contributed by atoms with Gasteiger partial charge >= 0.3 is 0 Å². The van der Waals surface area contributed by atoms with Crippen molar-refractivity contribution in [3.05, 3.63) is 0 Å². The lowest BCUT2D eigenvalue weighted by Crippen LogP contribution is -2.57. The molecule has 2 atom stereocenters. The van der Waals surface area contributed by atoms with E-state index in [0.29, 0.717) is 19.7 Å². The molecule has 3 aliphatic rings. The zero-order valence-electron chi connectivity index (χ0n) is 12.2. The summed E-state index contributed by atoms with van der Waals surface area (Å²) in [6, 6.07) is 0. The molecule has 0 spiro atoms. The van der Waals surface area contributed by atoms with Gasteiger partial charge < -0.3 is 9.47 Å². The highest BCUT2D eigenvalue weighted by Crippen LogP contribution is 2.41. The standard InChI is InChI=1S/C14H25NO4S/c1-20(16,17)15-7-5-13-14(10-15,6-2-8-19-13)11-18-9-12-3-4-12/h12-13H,2-11H2,1H3. The first-order valence-electron chi connectivity index (χ1n) is 7.64. The predicted molar refractivity (Wildman–Crippen MR) is 76.0 cm³/mol. The van der Waals surface area contributed by atoms with Gasteiger partial charge in [0.15, 0.2) is 0 Å². The molecule has 1 saturated carbocycles. The molecule has 0 N–H and O–H groups in total. The summed E-state index contributed by atoms with van der Waals surface area (Å²) in [6.45, 7) is 3.40. The van der Waals surface area contributed by atoms with Gasteiger partial charge in [-0.25, -0.2) is 12.7 Å². The Kier molecular flexibility index (Phi) is 4.10. The van der Waals surface area contributed by atoms with Crippen LogP contribution >= 0.6 is 0 Å². The van der Waals surface area contributed by atoms with Gasteiger partial charge in [0.25, 0.3) is 0 Å². The Bertz CT molecular complexity index is 448. The van der Waals surface area contributed by atoms with Crippen LogP contribution in [0.4, 0.5) is 0 Å². The van der Waals surface area contributed by atoms with Gasteiger partial charge in [-0.2, -0.15) is 0 Å². The number of rotatable bonds is 5. The minimum Gasteiger partial charge on any atom is -0.380 e. The maximum atomic E-state index is 11.8. The fraction of sp³-hybridized carbons (Fsp3) is 1.00. The quantitative estimate of drug-likeness (QED) is 0.767. The zero-order valence-corrected chi connectivity index (χ0v) is 13.0. The van der Waals surface area contributed by atoms with E-state index in [0.717, 1.165) is 38.4 Å². The van der Waals surface area contributed by atoms with Crippen molar-refractivity contribution in [2.75, 3.05) is 39.2 Å². The molecule has 0 aromatic carbocycles. The highest BCUT2D eigenvalue weighted by atomic mass is 32.2. The van der Waals surface area contributed by atoms with Crippen LogP contribution < -0.4 is 0 Å². The van der Waals surface area contributed by atoms with Gasteiger partial charge in [0.1, 0.15) is 0 Å². The molecule has 3 fully saturated rings. The summed E-state index contributed by atoms with van der Waals surface area (Å²) >= 11 is 0. The Morgan fingerprint density at radius 1 is 1.35 bits per heavy atom. The fourth-order valence-corrected chi connectivity index (χ4v) is 4.39. The minimum atomic E-state index is -3.12. The van der Waals surface area contributed by atoms with Crippen molar-refractivity contribution in [2.45, 2.75) is 38.2 Å². The number of hydrogen-bond donors (Lipinski definition) is 0. The summed E-state index contributed by atoms with van der Waals surface area (Å²) in [6.07, 6.45) is 6.82. The van der Waals surface area contributed by atoms with Crippen molar-refractivity contribution in [2.24, 2.45) is 11.3 Å². The summed E-state index contributed by atoms with van der Waals surface area (Å²) in [5.41, 5.74) is -0.130. The van der Waals surface area contributed by atoms with Crippen LogP contribution in [-0.2, 0) is 19.5 Å². The first-order valence-corrected chi connectivity index (χ1v) is 9.49. The fourth-order valence-electron chi connectivity index (χ4n) is 3.46. The van der Waals surface area contributed by atoms with Crippen LogP contribution in [0.15, 0.2) is 0 Å². The van der Waals surface area contributed by atoms with E-state index in [2.05, 4.69) is 0 Å². The number of ether oxygens (including phenoxy) is 2. The van der Waals surface area contributed by atoms with Crippen molar-refractivity contribution < 1.29 is 17.9 Å². The molecule has 5 nitrogen and oxygen atoms in total. The number of nitrogens with zero attached hydrogens (tertiary/aromatic N) is 1. The van der Waals surface area contributed by atoms with E-state index in [1.54, 1.807) is 4.31 Å². The first-order chi connectivity index (χ1) is 9.50. The van der Waals surface area contributed by atoms with Gasteiger partial charge in [-0.15, -0.1) is 0 Å². The highest BCUT2D eigenvalue weighted by Gasteiger charge is 2.48. The van der Waals surface area contributed by atoms with Crippen LogP contribution in [0.5, 0.6) is 0 Å². The van der Waals surface area contributed by atoms with Crippen LogP contribution in [0.3, 0.4) is 0 Å². The lowest BCUT2D eigenvalue weighted by atomic mass is 9.73. The SMILES string of the molecule is CS(=O)(=O)N1CCC2OCCCC2(COCC2CC2)C1. The summed E-state index contributed by atoms with van der Waals surface area (Å²) in [5, 5.41) is 0. The number of sulfonamides is 1. The van der Waals surface area contributed by atoms with Crippen molar-refractivity contribution in [3.63, 3.8) is 0 Å². The van der Waals surface area contributed by atoms with E-state index in [-0.39, 0.29) is 11.5 Å².